The fourth-order valence-corrected chi connectivity index (χ4v) is 9.48. The lowest BCUT2D eigenvalue weighted by Crippen LogP contribution is -2.54. The first kappa shape index (κ1) is 44.8. The number of carbonyl (C=O) groups is 1. The highest BCUT2D eigenvalue weighted by Gasteiger charge is 2.44. The van der Waals surface area contributed by atoms with Gasteiger partial charge in [0.15, 0.2) is 0 Å². The van der Waals surface area contributed by atoms with Gasteiger partial charge in [-0.1, -0.05) is 91.6 Å². The zero-order valence-corrected chi connectivity index (χ0v) is 36.5. The van der Waals surface area contributed by atoms with E-state index in [1.165, 1.54) is 97.7 Å². The monoisotopic (exact) mass is 762 g/mol. The molecule has 0 aromatic heterocycles. The van der Waals surface area contributed by atoms with E-state index in [-0.39, 0.29) is 25.1 Å². The SMILES string of the molecule is CC.CC.CCCCC(C)C(=O)OC.CCc1cccc2cccc(N3CCC(/C(=N\C(C)OCC45CCCN4CCC5)N4CC5CCC(C4)N5)=C(C)C3)c12.[HH]. The Balaban J connectivity index is 0.000000488. The Morgan fingerprint density at radius 3 is 2.24 bits per heavy atom. The Morgan fingerprint density at radius 2 is 1.64 bits per heavy atom. The third-order valence-corrected chi connectivity index (χ3v) is 12.4. The molecule has 4 saturated heterocycles. The van der Waals surface area contributed by atoms with Crippen LogP contribution in [0.1, 0.15) is 134 Å². The van der Waals surface area contributed by atoms with E-state index < -0.39 is 0 Å². The summed E-state index contributed by atoms with van der Waals surface area (Å²) in [4.78, 5) is 24.1. The maximum atomic E-state index is 10.8. The van der Waals surface area contributed by atoms with Crippen molar-refractivity contribution >= 4 is 28.3 Å². The minimum Gasteiger partial charge on any atom is -0.469 e. The number of nitrogens with one attached hydrogen (secondary N) is 1. The van der Waals surface area contributed by atoms with Crippen molar-refractivity contribution in [3.8, 4) is 0 Å². The fraction of sp³-hybridized carbons (Fsp3) is 0.702. The molecule has 2 aromatic rings. The van der Waals surface area contributed by atoms with Crippen LogP contribution < -0.4 is 10.2 Å². The number of amidine groups is 1. The number of hydrogen-bond donors (Lipinski definition) is 1. The van der Waals surface area contributed by atoms with Gasteiger partial charge >= 0.3 is 5.97 Å². The van der Waals surface area contributed by atoms with Crippen LogP contribution in [0, 0.1) is 5.92 Å². The van der Waals surface area contributed by atoms with Crippen LogP contribution in [0.25, 0.3) is 10.8 Å². The number of benzene rings is 2. The lowest BCUT2D eigenvalue weighted by molar-refractivity contribution is -0.145. The van der Waals surface area contributed by atoms with Crippen LogP contribution in [0.4, 0.5) is 5.69 Å². The number of hydrogen-bond acceptors (Lipinski definition) is 7. The summed E-state index contributed by atoms with van der Waals surface area (Å²) in [7, 11) is 1.44. The Kier molecular flexibility index (Phi) is 18.0. The highest BCUT2D eigenvalue weighted by molar-refractivity contribution is 6.01. The molecule has 0 radical (unpaired) electrons. The first-order valence-electron chi connectivity index (χ1n) is 22.2. The van der Waals surface area contributed by atoms with Crippen LogP contribution in [0.3, 0.4) is 0 Å². The molecule has 7 rings (SSSR count). The summed E-state index contributed by atoms with van der Waals surface area (Å²) in [5, 5.41) is 6.60. The predicted molar refractivity (Wildman–Crippen MR) is 236 cm³/mol. The zero-order valence-electron chi connectivity index (χ0n) is 36.5. The first-order chi connectivity index (χ1) is 26.7. The summed E-state index contributed by atoms with van der Waals surface area (Å²) in [5.74, 6) is 1.20. The van der Waals surface area contributed by atoms with Gasteiger partial charge < -0.3 is 24.6 Å². The number of rotatable bonds is 11. The molecule has 0 saturated carbocycles. The summed E-state index contributed by atoms with van der Waals surface area (Å²) in [6.45, 7) is 26.2. The minimum absolute atomic E-state index is 0. The van der Waals surface area contributed by atoms with E-state index in [0.29, 0.717) is 12.1 Å². The molecular formula is C47H79N5O3. The Labute approximate surface area is 337 Å². The molecule has 0 amide bonds. The molecule has 310 valence electrons. The van der Waals surface area contributed by atoms with Crippen LogP contribution in [0.2, 0.25) is 0 Å². The van der Waals surface area contributed by atoms with Gasteiger partial charge in [-0.3, -0.25) is 9.69 Å². The molecule has 2 bridgehead atoms. The van der Waals surface area contributed by atoms with Gasteiger partial charge in [0, 0.05) is 56.3 Å². The van der Waals surface area contributed by atoms with Gasteiger partial charge in [-0.2, -0.15) is 0 Å². The maximum Gasteiger partial charge on any atom is 0.308 e. The normalized spacial score (nSPS) is 22.8. The summed E-state index contributed by atoms with van der Waals surface area (Å²) in [6, 6.07) is 14.7. The number of anilines is 1. The number of nitrogens with zero attached hydrogens (tertiary/aromatic N) is 4. The smallest absolute Gasteiger partial charge is 0.308 e. The van der Waals surface area contributed by atoms with Crippen molar-refractivity contribution in [3.05, 3.63) is 53.1 Å². The predicted octanol–water partition coefficient (Wildman–Crippen LogP) is 10.0. The second kappa shape index (κ2) is 22.1. The third kappa shape index (κ3) is 11.1. The van der Waals surface area contributed by atoms with Crippen LogP contribution >= 0.6 is 0 Å². The van der Waals surface area contributed by atoms with Gasteiger partial charge in [0.1, 0.15) is 12.1 Å². The van der Waals surface area contributed by atoms with E-state index >= 15 is 0 Å². The number of unbranched alkanes of at least 4 members (excludes halogenated alkanes) is 1. The molecule has 5 aliphatic heterocycles. The number of aliphatic imine (C=N–C) groups is 1. The number of methoxy groups -OCH3 is 1. The average Bonchev–Trinajstić information content (AvgIpc) is 3.92. The second-order valence-electron chi connectivity index (χ2n) is 16.0. The molecule has 8 heteroatoms. The van der Waals surface area contributed by atoms with Gasteiger partial charge in [0.25, 0.3) is 0 Å². The van der Waals surface area contributed by atoms with Crippen molar-refractivity contribution in [2.24, 2.45) is 10.9 Å². The molecular weight excluding hydrogens is 683 g/mol. The van der Waals surface area contributed by atoms with Crippen molar-refractivity contribution in [1.29, 1.82) is 0 Å². The van der Waals surface area contributed by atoms with Gasteiger partial charge in [-0.25, -0.2) is 4.99 Å². The van der Waals surface area contributed by atoms with E-state index in [9.17, 15) is 4.79 Å². The number of piperazine rings is 1. The average molecular weight is 762 g/mol. The zero-order chi connectivity index (χ0) is 40.0. The van der Waals surface area contributed by atoms with Crippen LogP contribution in [-0.2, 0) is 20.7 Å². The molecule has 4 fully saturated rings. The minimum atomic E-state index is -0.126. The van der Waals surface area contributed by atoms with E-state index in [1.54, 1.807) is 0 Å². The van der Waals surface area contributed by atoms with Crippen molar-refractivity contribution < 1.29 is 15.7 Å². The van der Waals surface area contributed by atoms with E-state index in [0.717, 1.165) is 64.9 Å². The lowest BCUT2D eigenvalue weighted by Gasteiger charge is -2.39. The maximum absolute atomic E-state index is 10.8. The molecule has 8 nitrogen and oxygen atoms in total. The number of likely N-dealkylation sites (tertiary alicyclic amines) is 1. The summed E-state index contributed by atoms with van der Waals surface area (Å²) in [5.41, 5.74) is 6.00. The van der Waals surface area contributed by atoms with Crippen molar-refractivity contribution in [2.75, 3.05) is 57.9 Å². The van der Waals surface area contributed by atoms with Gasteiger partial charge in [0.05, 0.1) is 19.6 Å². The number of carbonyl (C=O) groups excluding carboxylic acids is 1. The first-order valence-corrected chi connectivity index (χ1v) is 22.2. The van der Waals surface area contributed by atoms with E-state index in [4.69, 9.17) is 9.73 Å². The Hall–Kier alpha value is -2.94. The number of fused-ring (bicyclic) bond motifs is 4. The Morgan fingerprint density at radius 1 is 0.982 bits per heavy atom. The van der Waals surface area contributed by atoms with Crippen LogP contribution in [0.5, 0.6) is 0 Å². The molecule has 5 heterocycles. The molecule has 55 heavy (non-hydrogen) atoms. The molecule has 4 unspecified atom stereocenters. The van der Waals surface area contributed by atoms with Crippen molar-refractivity contribution in [3.63, 3.8) is 0 Å². The molecule has 0 aliphatic carbocycles. The van der Waals surface area contributed by atoms with Crippen molar-refractivity contribution in [2.45, 2.75) is 157 Å². The molecule has 5 aliphatic rings. The number of ether oxygens (including phenoxy) is 2. The summed E-state index contributed by atoms with van der Waals surface area (Å²) in [6.07, 6.45) is 12.9. The van der Waals surface area contributed by atoms with Gasteiger partial charge in [-0.15, -0.1) is 0 Å². The molecule has 1 N–H and O–H groups in total. The standard InChI is InChI=1S/C35H49N5O.C8H16O2.2C2H6.H2/c1-4-27-9-5-10-28-11-6-12-32(33(27)28)38-20-15-31(25(2)21-38)34(39-22-29-13-14-30(23-39)37-29)36-26(3)41-24-35-16-7-18-40(35)19-8-17-35;1-4-5-6-7(2)8(9)10-3;2*1-2;/h5-6,9-12,26,29-30,37H,4,7-8,13-24H2,1-3H3;7H,4-6H2,1-3H3;2*1-2H3;1H/b36-34+;;;;. The van der Waals surface area contributed by atoms with E-state index in [2.05, 4.69) is 88.8 Å². The second-order valence-corrected chi connectivity index (χ2v) is 16.0. The highest BCUT2D eigenvalue weighted by atomic mass is 16.5. The third-order valence-electron chi connectivity index (χ3n) is 12.4. The number of esters is 1. The summed E-state index contributed by atoms with van der Waals surface area (Å²) < 4.78 is 11.2. The van der Waals surface area contributed by atoms with Crippen LogP contribution in [0.15, 0.2) is 52.5 Å². The largest absolute Gasteiger partial charge is 0.469 e. The Bertz CT molecular complexity index is 1530. The highest BCUT2D eigenvalue weighted by Crippen LogP contribution is 2.39. The number of aryl methyl sites for hydroxylation is 1. The topological polar surface area (TPSA) is 69.6 Å². The quantitative estimate of drug-likeness (QED) is 0.139. The summed E-state index contributed by atoms with van der Waals surface area (Å²) >= 11 is 0. The van der Waals surface area contributed by atoms with E-state index in [1.807, 2.05) is 34.6 Å². The molecule has 2 aromatic carbocycles. The fourth-order valence-electron chi connectivity index (χ4n) is 9.48. The molecule has 0 spiro atoms. The van der Waals surface area contributed by atoms with Crippen LogP contribution in [-0.4, -0.2) is 98.4 Å². The molecule has 4 atom stereocenters. The van der Waals surface area contributed by atoms with Crippen molar-refractivity contribution in [1.82, 2.24) is 15.1 Å². The van der Waals surface area contributed by atoms with Gasteiger partial charge in [-0.05, 0) is 113 Å². The lowest BCUT2D eigenvalue weighted by atomic mass is 9.95. The van der Waals surface area contributed by atoms with Gasteiger partial charge in [0.2, 0.25) is 0 Å².